The van der Waals surface area contributed by atoms with Gasteiger partial charge in [0.05, 0.1) is 11.5 Å². The molecule has 1 aliphatic rings. The third kappa shape index (κ3) is 6.16. The van der Waals surface area contributed by atoms with Crippen molar-refractivity contribution in [3.05, 3.63) is 65.7 Å². The number of hydrogen-bond donors (Lipinski definition) is 2. The van der Waals surface area contributed by atoms with Crippen LogP contribution in [0.2, 0.25) is 0 Å². The van der Waals surface area contributed by atoms with Crippen molar-refractivity contribution in [1.82, 2.24) is 10.2 Å². The Balaban J connectivity index is 1.70. The molecule has 1 saturated heterocycles. The van der Waals surface area contributed by atoms with E-state index in [1.807, 2.05) is 62.9 Å². The second-order valence-corrected chi connectivity index (χ2v) is 11.0. The average molecular weight is 461 g/mol. The third-order valence-electron chi connectivity index (χ3n) is 5.47. The van der Waals surface area contributed by atoms with Crippen LogP contribution in [0.3, 0.4) is 0 Å². The summed E-state index contributed by atoms with van der Waals surface area (Å²) in [5, 5.41) is 13.5. The Bertz CT molecular complexity index is 1020. The zero-order valence-corrected chi connectivity index (χ0v) is 19.8. The van der Waals surface area contributed by atoms with Gasteiger partial charge in [-0.25, -0.2) is 0 Å². The molecule has 3 rings (SSSR count). The van der Waals surface area contributed by atoms with Crippen LogP contribution >= 0.6 is 0 Å². The molecule has 0 aromatic heterocycles. The van der Waals surface area contributed by atoms with Gasteiger partial charge in [-0.15, -0.1) is 0 Å². The van der Waals surface area contributed by atoms with Crippen molar-refractivity contribution in [3.63, 3.8) is 0 Å². The zero-order valence-electron chi connectivity index (χ0n) is 19.0. The van der Waals surface area contributed by atoms with Gasteiger partial charge < -0.3 is 10.4 Å². The number of carbonyl (C=O) groups is 1. The van der Waals surface area contributed by atoms with Gasteiger partial charge in [-0.3, -0.25) is 13.9 Å². The SMILES string of the molecule is Cc1ccc(S(=O)(=O)OC[C@@H]2C[C@H]([C@@H](O)C(=O)NC(C)(C)C)N2Cc2ccccc2)cc1. The summed E-state index contributed by atoms with van der Waals surface area (Å²) < 4.78 is 30.5. The van der Waals surface area contributed by atoms with Crippen LogP contribution in [0.1, 0.15) is 38.3 Å². The molecular weight excluding hydrogens is 428 g/mol. The summed E-state index contributed by atoms with van der Waals surface area (Å²) in [7, 11) is -3.89. The molecule has 2 aromatic rings. The van der Waals surface area contributed by atoms with Gasteiger partial charge in [0.1, 0.15) is 6.10 Å². The lowest BCUT2D eigenvalue weighted by atomic mass is 9.87. The quantitative estimate of drug-likeness (QED) is 0.588. The molecule has 0 unspecified atom stereocenters. The van der Waals surface area contributed by atoms with Gasteiger partial charge in [-0.1, -0.05) is 48.0 Å². The molecule has 0 spiro atoms. The topological polar surface area (TPSA) is 95.9 Å². The molecule has 2 N–H and O–H groups in total. The van der Waals surface area contributed by atoms with Gasteiger partial charge in [-0.2, -0.15) is 8.42 Å². The van der Waals surface area contributed by atoms with Crippen LogP contribution in [-0.4, -0.2) is 54.7 Å². The molecule has 2 aromatic carbocycles. The molecule has 32 heavy (non-hydrogen) atoms. The number of nitrogens with one attached hydrogen (secondary N) is 1. The van der Waals surface area contributed by atoms with Gasteiger partial charge in [0.2, 0.25) is 0 Å². The Morgan fingerprint density at radius 1 is 1.16 bits per heavy atom. The molecular formula is C24H32N2O5S. The van der Waals surface area contributed by atoms with E-state index in [9.17, 15) is 18.3 Å². The minimum absolute atomic E-state index is 0.0485. The Labute approximate surface area is 190 Å². The second-order valence-electron chi connectivity index (χ2n) is 9.35. The standard InChI is InChI=1S/C24H32N2O5S/c1-17-10-12-20(13-11-17)32(29,30)31-16-19-14-21(22(27)23(28)25-24(2,3)4)26(19)15-18-8-6-5-7-9-18/h5-13,19,21-22,27H,14-16H2,1-4H3,(H,25,28)/t19-,21+,22+/m0/s1. The average Bonchev–Trinajstić information content (AvgIpc) is 2.71. The Kier molecular flexibility index (Phi) is 7.39. The van der Waals surface area contributed by atoms with E-state index in [2.05, 4.69) is 5.32 Å². The number of rotatable bonds is 8. The lowest BCUT2D eigenvalue weighted by Gasteiger charge is -2.50. The molecule has 1 aliphatic heterocycles. The maximum absolute atomic E-state index is 12.6. The number of aryl methyl sites for hydroxylation is 1. The van der Waals surface area contributed by atoms with Crippen LogP contribution in [0.25, 0.3) is 0 Å². The van der Waals surface area contributed by atoms with Gasteiger partial charge >= 0.3 is 0 Å². The number of aliphatic hydroxyl groups is 1. The van der Waals surface area contributed by atoms with Crippen LogP contribution in [0.4, 0.5) is 0 Å². The lowest BCUT2D eigenvalue weighted by molar-refractivity contribution is -0.143. The number of hydrogen-bond acceptors (Lipinski definition) is 6. The molecule has 1 amide bonds. The fourth-order valence-electron chi connectivity index (χ4n) is 3.76. The van der Waals surface area contributed by atoms with Crippen molar-refractivity contribution >= 4 is 16.0 Å². The maximum Gasteiger partial charge on any atom is 0.297 e. The van der Waals surface area contributed by atoms with Crippen LogP contribution < -0.4 is 5.32 Å². The van der Waals surface area contributed by atoms with Gasteiger partial charge in [0.25, 0.3) is 16.0 Å². The Hall–Kier alpha value is -2.26. The van der Waals surface area contributed by atoms with Crippen molar-refractivity contribution < 1.29 is 22.5 Å². The van der Waals surface area contributed by atoms with E-state index in [1.165, 1.54) is 12.1 Å². The van der Waals surface area contributed by atoms with Crippen LogP contribution in [0.15, 0.2) is 59.5 Å². The number of benzene rings is 2. The van der Waals surface area contributed by atoms with Gasteiger partial charge in [0.15, 0.2) is 0 Å². The van der Waals surface area contributed by atoms with Crippen molar-refractivity contribution in [2.75, 3.05) is 6.61 Å². The number of carbonyl (C=O) groups excluding carboxylic acids is 1. The smallest absolute Gasteiger partial charge is 0.297 e. The lowest BCUT2D eigenvalue weighted by Crippen LogP contribution is -2.65. The van der Waals surface area contributed by atoms with E-state index in [0.717, 1.165) is 11.1 Å². The van der Waals surface area contributed by atoms with Crippen molar-refractivity contribution in [2.24, 2.45) is 0 Å². The molecule has 0 aliphatic carbocycles. The predicted molar refractivity (Wildman–Crippen MR) is 122 cm³/mol. The third-order valence-corrected chi connectivity index (χ3v) is 6.77. The van der Waals surface area contributed by atoms with Crippen LogP contribution in [-0.2, 0) is 25.6 Å². The molecule has 0 saturated carbocycles. The normalized spacial score (nSPS) is 20.4. The van der Waals surface area contributed by atoms with E-state index < -0.39 is 33.7 Å². The summed E-state index contributed by atoms with van der Waals surface area (Å²) in [4.78, 5) is 14.6. The maximum atomic E-state index is 12.6. The molecule has 174 valence electrons. The fourth-order valence-corrected chi connectivity index (χ4v) is 4.70. The minimum atomic E-state index is -3.89. The summed E-state index contributed by atoms with van der Waals surface area (Å²) in [5.41, 5.74) is 1.51. The van der Waals surface area contributed by atoms with Gasteiger partial charge in [-0.05, 0) is 51.8 Å². The summed E-state index contributed by atoms with van der Waals surface area (Å²) in [6.45, 7) is 7.87. The predicted octanol–water partition coefficient (Wildman–Crippen LogP) is 2.62. The molecule has 1 heterocycles. The Morgan fingerprint density at radius 3 is 2.38 bits per heavy atom. The van der Waals surface area contributed by atoms with Crippen LogP contribution in [0.5, 0.6) is 0 Å². The van der Waals surface area contributed by atoms with E-state index >= 15 is 0 Å². The van der Waals surface area contributed by atoms with E-state index in [0.29, 0.717) is 13.0 Å². The number of likely N-dealkylation sites (tertiary alicyclic amines) is 1. The summed E-state index contributed by atoms with van der Waals surface area (Å²) in [6, 6.07) is 15.5. The number of nitrogens with zero attached hydrogens (tertiary/aromatic N) is 1. The van der Waals surface area contributed by atoms with Crippen LogP contribution in [0, 0.1) is 6.92 Å². The number of aliphatic hydroxyl groups excluding tert-OH is 1. The highest BCUT2D eigenvalue weighted by atomic mass is 32.2. The zero-order chi connectivity index (χ0) is 23.5. The monoisotopic (exact) mass is 460 g/mol. The fraction of sp³-hybridized carbons (Fsp3) is 0.458. The van der Waals surface area contributed by atoms with Gasteiger partial charge in [0, 0.05) is 24.2 Å². The number of amides is 1. The van der Waals surface area contributed by atoms with E-state index in [1.54, 1.807) is 12.1 Å². The van der Waals surface area contributed by atoms with E-state index in [-0.39, 0.29) is 17.5 Å². The summed E-state index contributed by atoms with van der Waals surface area (Å²) in [6.07, 6.45) is -0.766. The largest absolute Gasteiger partial charge is 0.382 e. The molecule has 3 atom stereocenters. The van der Waals surface area contributed by atoms with E-state index in [4.69, 9.17) is 4.18 Å². The minimum Gasteiger partial charge on any atom is -0.382 e. The first-order valence-corrected chi connectivity index (χ1v) is 12.1. The summed E-state index contributed by atoms with van der Waals surface area (Å²) in [5.74, 6) is -0.438. The molecule has 0 bridgehead atoms. The Morgan fingerprint density at radius 2 is 1.78 bits per heavy atom. The molecule has 0 radical (unpaired) electrons. The first-order chi connectivity index (χ1) is 15.0. The molecule has 8 heteroatoms. The highest BCUT2D eigenvalue weighted by Gasteiger charge is 2.45. The van der Waals surface area contributed by atoms with Crippen molar-refractivity contribution in [3.8, 4) is 0 Å². The highest BCUT2D eigenvalue weighted by molar-refractivity contribution is 7.86. The summed E-state index contributed by atoms with van der Waals surface area (Å²) >= 11 is 0. The molecule has 7 nitrogen and oxygen atoms in total. The van der Waals surface area contributed by atoms with Crippen molar-refractivity contribution in [2.45, 2.75) is 69.3 Å². The second kappa shape index (κ2) is 9.70. The van der Waals surface area contributed by atoms with Crippen molar-refractivity contribution in [1.29, 1.82) is 0 Å². The molecule has 1 fully saturated rings. The first-order valence-electron chi connectivity index (χ1n) is 10.7. The first kappa shape index (κ1) is 24.4. The highest BCUT2D eigenvalue weighted by Crippen LogP contribution is 2.32.